The molecule has 0 saturated carbocycles. The number of pyridine rings is 1. The molecule has 2 N–H and O–H groups in total. The van der Waals surface area contributed by atoms with Crippen LogP contribution in [0.4, 0.5) is 11.5 Å². The highest BCUT2D eigenvalue weighted by Crippen LogP contribution is 2.20. The number of amides is 1. The van der Waals surface area contributed by atoms with Crippen LogP contribution in [0.2, 0.25) is 0 Å². The molecule has 0 aromatic carbocycles. The molecule has 0 radical (unpaired) electrons. The van der Waals surface area contributed by atoms with Gasteiger partial charge in [0.25, 0.3) is 0 Å². The number of hydrogen-bond donors (Lipinski definition) is 2. The van der Waals surface area contributed by atoms with E-state index in [1.54, 1.807) is 6.20 Å². The van der Waals surface area contributed by atoms with Gasteiger partial charge in [-0.05, 0) is 25.0 Å². The molecule has 18 heavy (non-hydrogen) atoms. The van der Waals surface area contributed by atoms with Crippen LogP contribution in [-0.4, -0.2) is 17.4 Å². The summed E-state index contributed by atoms with van der Waals surface area (Å²) in [5.74, 6) is 0.878. The Labute approximate surface area is 109 Å². The number of hydrogen-bond acceptors (Lipinski definition) is 3. The van der Waals surface area contributed by atoms with Crippen LogP contribution in [0.25, 0.3) is 0 Å². The van der Waals surface area contributed by atoms with Crippen LogP contribution in [0.3, 0.4) is 0 Å². The first kappa shape index (κ1) is 14.5. The Bertz CT molecular complexity index is 422. The van der Waals surface area contributed by atoms with Crippen LogP contribution in [0.5, 0.6) is 0 Å². The van der Waals surface area contributed by atoms with E-state index >= 15 is 0 Å². The smallest absolute Gasteiger partial charge is 0.229 e. The van der Waals surface area contributed by atoms with E-state index in [1.165, 1.54) is 0 Å². The first-order valence-electron chi connectivity index (χ1n) is 6.36. The maximum absolute atomic E-state index is 11.8. The molecular formula is C14H23N3O. The number of anilines is 2. The molecular weight excluding hydrogens is 226 g/mol. The average Bonchev–Trinajstić information content (AvgIpc) is 2.26. The molecule has 100 valence electrons. The van der Waals surface area contributed by atoms with Gasteiger partial charge in [-0.3, -0.25) is 4.79 Å². The summed E-state index contributed by atoms with van der Waals surface area (Å²) in [6.07, 6.45) is 2.75. The molecule has 0 aliphatic heterocycles. The topological polar surface area (TPSA) is 54.0 Å². The second-order valence-corrected chi connectivity index (χ2v) is 5.52. The van der Waals surface area contributed by atoms with Gasteiger partial charge in [0.2, 0.25) is 5.91 Å². The van der Waals surface area contributed by atoms with E-state index in [-0.39, 0.29) is 5.91 Å². The van der Waals surface area contributed by atoms with Gasteiger partial charge in [0.05, 0.1) is 11.9 Å². The quantitative estimate of drug-likeness (QED) is 0.861. The van der Waals surface area contributed by atoms with Crippen LogP contribution in [0, 0.1) is 12.3 Å². The number of nitrogens with one attached hydrogen (secondary N) is 2. The fraction of sp³-hybridized carbons (Fsp3) is 0.571. The molecule has 4 nitrogen and oxygen atoms in total. The minimum Gasteiger partial charge on any atom is -0.370 e. The van der Waals surface area contributed by atoms with Gasteiger partial charge in [0.15, 0.2) is 0 Å². The van der Waals surface area contributed by atoms with Crippen LogP contribution >= 0.6 is 0 Å². The van der Waals surface area contributed by atoms with Crippen molar-refractivity contribution in [3.63, 3.8) is 0 Å². The van der Waals surface area contributed by atoms with E-state index in [9.17, 15) is 4.79 Å². The fourth-order valence-corrected chi connectivity index (χ4v) is 1.39. The molecule has 0 unspecified atom stereocenters. The molecule has 1 heterocycles. The van der Waals surface area contributed by atoms with Crippen LogP contribution in [0.15, 0.2) is 12.3 Å². The maximum Gasteiger partial charge on any atom is 0.229 e. The highest BCUT2D eigenvalue weighted by atomic mass is 16.2. The number of aromatic nitrogens is 1. The van der Waals surface area contributed by atoms with Gasteiger partial charge < -0.3 is 10.6 Å². The van der Waals surface area contributed by atoms with Crippen LogP contribution in [0.1, 0.15) is 39.7 Å². The molecule has 1 aromatic rings. The van der Waals surface area contributed by atoms with Gasteiger partial charge in [-0.15, -0.1) is 0 Å². The SMILES string of the molecule is CCCNc1ncc(NC(=O)C(C)(C)C)cc1C. The minimum absolute atomic E-state index is 0.00188. The Morgan fingerprint density at radius 1 is 1.39 bits per heavy atom. The zero-order valence-electron chi connectivity index (χ0n) is 11.9. The van der Waals surface area contributed by atoms with Gasteiger partial charge in [0, 0.05) is 12.0 Å². The molecule has 1 aromatic heterocycles. The molecule has 1 amide bonds. The Morgan fingerprint density at radius 3 is 2.56 bits per heavy atom. The number of carbonyl (C=O) groups is 1. The molecule has 1 rings (SSSR count). The third-order valence-corrected chi connectivity index (χ3v) is 2.56. The van der Waals surface area contributed by atoms with Crippen molar-refractivity contribution in [2.24, 2.45) is 5.41 Å². The van der Waals surface area contributed by atoms with Crippen molar-refractivity contribution in [3.8, 4) is 0 Å². The van der Waals surface area contributed by atoms with Crippen LogP contribution < -0.4 is 10.6 Å². The van der Waals surface area contributed by atoms with Crippen molar-refractivity contribution in [3.05, 3.63) is 17.8 Å². The summed E-state index contributed by atoms with van der Waals surface area (Å²) in [5.41, 5.74) is 1.39. The average molecular weight is 249 g/mol. The molecule has 0 aliphatic rings. The monoisotopic (exact) mass is 249 g/mol. The molecule has 0 atom stereocenters. The lowest BCUT2D eigenvalue weighted by molar-refractivity contribution is -0.123. The van der Waals surface area contributed by atoms with Crippen molar-refractivity contribution in [2.75, 3.05) is 17.2 Å². The largest absolute Gasteiger partial charge is 0.370 e. The van der Waals surface area contributed by atoms with E-state index in [4.69, 9.17) is 0 Å². The molecule has 0 spiro atoms. The summed E-state index contributed by atoms with van der Waals surface area (Å²) in [7, 11) is 0. The highest BCUT2D eigenvalue weighted by Gasteiger charge is 2.21. The molecule has 0 aliphatic carbocycles. The van der Waals surface area contributed by atoms with Crippen molar-refractivity contribution >= 4 is 17.4 Å². The Kier molecular flexibility index (Phi) is 4.70. The predicted octanol–water partition coefficient (Wildman–Crippen LogP) is 3.20. The number of nitrogens with zero attached hydrogens (tertiary/aromatic N) is 1. The lowest BCUT2D eigenvalue weighted by Crippen LogP contribution is -2.27. The summed E-state index contributed by atoms with van der Waals surface area (Å²) in [4.78, 5) is 16.2. The van der Waals surface area contributed by atoms with Gasteiger partial charge in [-0.1, -0.05) is 27.7 Å². The fourth-order valence-electron chi connectivity index (χ4n) is 1.39. The predicted molar refractivity (Wildman–Crippen MR) is 75.8 cm³/mol. The lowest BCUT2D eigenvalue weighted by Gasteiger charge is -2.18. The first-order valence-corrected chi connectivity index (χ1v) is 6.36. The number of carbonyl (C=O) groups excluding carboxylic acids is 1. The third-order valence-electron chi connectivity index (χ3n) is 2.56. The van der Waals surface area contributed by atoms with E-state index in [1.807, 2.05) is 33.8 Å². The van der Waals surface area contributed by atoms with Gasteiger partial charge in [0.1, 0.15) is 5.82 Å². The van der Waals surface area contributed by atoms with E-state index in [0.717, 1.165) is 30.0 Å². The molecule has 0 fully saturated rings. The lowest BCUT2D eigenvalue weighted by atomic mass is 9.95. The van der Waals surface area contributed by atoms with Crippen molar-refractivity contribution in [2.45, 2.75) is 41.0 Å². The number of aryl methyl sites for hydroxylation is 1. The molecule has 0 saturated heterocycles. The zero-order chi connectivity index (χ0) is 13.8. The first-order chi connectivity index (χ1) is 8.34. The maximum atomic E-state index is 11.8. The summed E-state index contributed by atoms with van der Waals surface area (Å²) in [5, 5.41) is 6.13. The molecule has 0 bridgehead atoms. The van der Waals surface area contributed by atoms with Crippen molar-refractivity contribution < 1.29 is 4.79 Å². The van der Waals surface area contributed by atoms with E-state index in [0.29, 0.717) is 0 Å². The van der Waals surface area contributed by atoms with Crippen molar-refractivity contribution in [1.29, 1.82) is 0 Å². The summed E-state index contributed by atoms with van der Waals surface area (Å²) >= 11 is 0. The summed E-state index contributed by atoms with van der Waals surface area (Å²) < 4.78 is 0. The van der Waals surface area contributed by atoms with Gasteiger partial charge >= 0.3 is 0 Å². The van der Waals surface area contributed by atoms with E-state index in [2.05, 4.69) is 22.5 Å². The van der Waals surface area contributed by atoms with E-state index < -0.39 is 5.41 Å². The third kappa shape index (κ3) is 4.02. The Hall–Kier alpha value is -1.58. The van der Waals surface area contributed by atoms with Crippen molar-refractivity contribution in [1.82, 2.24) is 4.98 Å². The zero-order valence-corrected chi connectivity index (χ0v) is 11.9. The van der Waals surface area contributed by atoms with Crippen LogP contribution in [-0.2, 0) is 4.79 Å². The molecule has 4 heteroatoms. The standard InChI is InChI=1S/C14H23N3O/c1-6-7-15-12-10(2)8-11(9-16-12)17-13(18)14(3,4)5/h8-9H,6-7H2,1-5H3,(H,15,16)(H,17,18). The summed E-state index contributed by atoms with van der Waals surface area (Å²) in [6, 6.07) is 1.94. The number of rotatable bonds is 4. The van der Waals surface area contributed by atoms with Gasteiger partial charge in [-0.25, -0.2) is 4.98 Å². The summed E-state index contributed by atoms with van der Waals surface area (Å²) in [6.45, 7) is 10.7. The Morgan fingerprint density at radius 2 is 2.06 bits per heavy atom. The second-order valence-electron chi connectivity index (χ2n) is 5.52. The highest BCUT2D eigenvalue weighted by molar-refractivity contribution is 5.94. The Balaban J connectivity index is 2.75. The normalized spacial score (nSPS) is 11.2. The second kappa shape index (κ2) is 5.85. The van der Waals surface area contributed by atoms with Gasteiger partial charge in [-0.2, -0.15) is 0 Å². The minimum atomic E-state index is -0.396.